The average molecular weight is 294 g/mol. The molecule has 0 fully saturated rings. The molecule has 0 spiro atoms. The Hall–Kier alpha value is -0.930. The van der Waals surface area contributed by atoms with Gasteiger partial charge in [0.1, 0.15) is 0 Å². The van der Waals surface area contributed by atoms with Crippen LogP contribution in [-0.2, 0) is 5.75 Å². The van der Waals surface area contributed by atoms with Crippen LogP contribution < -0.4 is 5.73 Å². The molecule has 1 nitrogen and oxygen atoms in total. The third kappa shape index (κ3) is 3.29. The highest BCUT2D eigenvalue weighted by Crippen LogP contribution is 2.25. The first-order chi connectivity index (χ1) is 7.74. The molecular formula is C13H12BrNS. The van der Waals surface area contributed by atoms with E-state index in [4.69, 9.17) is 5.73 Å². The van der Waals surface area contributed by atoms with Gasteiger partial charge in [-0.2, -0.15) is 0 Å². The highest BCUT2D eigenvalue weighted by atomic mass is 79.9. The Bertz CT molecular complexity index is 450. The first-order valence-corrected chi connectivity index (χ1v) is 6.75. The van der Waals surface area contributed by atoms with E-state index in [1.807, 2.05) is 30.0 Å². The van der Waals surface area contributed by atoms with Gasteiger partial charge in [-0.1, -0.05) is 34.1 Å². The number of thioether (sulfide) groups is 1. The van der Waals surface area contributed by atoms with Gasteiger partial charge in [-0.3, -0.25) is 0 Å². The highest BCUT2D eigenvalue weighted by molar-refractivity contribution is 9.10. The number of nitrogens with two attached hydrogens (primary N) is 1. The number of rotatable bonds is 3. The van der Waals surface area contributed by atoms with E-state index < -0.39 is 0 Å². The van der Waals surface area contributed by atoms with E-state index in [1.54, 1.807) is 0 Å². The maximum absolute atomic E-state index is 5.79. The van der Waals surface area contributed by atoms with Gasteiger partial charge in [-0.15, -0.1) is 11.8 Å². The van der Waals surface area contributed by atoms with Crippen molar-refractivity contribution in [1.29, 1.82) is 0 Å². The Balaban J connectivity index is 2.05. The van der Waals surface area contributed by atoms with Crippen molar-refractivity contribution in [3.63, 3.8) is 0 Å². The normalized spacial score (nSPS) is 10.3. The van der Waals surface area contributed by atoms with Crippen LogP contribution in [0, 0.1) is 0 Å². The van der Waals surface area contributed by atoms with Gasteiger partial charge in [0.05, 0.1) is 0 Å². The third-order valence-corrected chi connectivity index (χ3v) is 3.67. The largest absolute Gasteiger partial charge is 0.399 e. The van der Waals surface area contributed by atoms with Gasteiger partial charge >= 0.3 is 0 Å². The molecule has 0 aliphatic carbocycles. The van der Waals surface area contributed by atoms with E-state index in [0.29, 0.717) is 0 Å². The van der Waals surface area contributed by atoms with E-state index >= 15 is 0 Å². The summed E-state index contributed by atoms with van der Waals surface area (Å²) in [6.45, 7) is 0. The third-order valence-electron chi connectivity index (χ3n) is 2.13. The van der Waals surface area contributed by atoms with Crippen molar-refractivity contribution >= 4 is 33.4 Å². The summed E-state index contributed by atoms with van der Waals surface area (Å²) in [5, 5.41) is 0. The molecule has 2 N–H and O–H groups in total. The Morgan fingerprint density at radius 1 is 1.06 bits per heavy atom. The van der Waals surface area contributed by atoms with E-state index in [1.165, 1.54) is 10.5 Å². The van der Waals surface area contributed by atoms with Crippen molar-refractivity contribution in [1.82, 2.24) is 0 Å². The molecule has 0 saturated carbocycles. The molecule has 82 valence electrons. The van der Waals surface area contributed by atoms with Crippen molar-refractivity contribution in [2.75, 3.05) is 5.73 Å². The van der Waals surface area contributed by atoms with E-state index in [2.05, 4.69) is 46.3 Å². The fourth-order valence-corrected chi connectivity index (χ4v) is 2.85. The van der Waals surface area contributed by atoms with Crippen LogP contribution in [0.3, 0.4) is 0 Å². The Labute approximate surface area is 108 Å². The molecule has 0 aliphatic rings. The lowest BCUT2D eigenvalue weighted by atomic mass is 10.2. The molecule has 0 amide bonds. The van der Waals surface area contributed by atoms with Gasteiger partial charge in [-0.25, -0.2) is 0 Å². The highest BCUT2D eigenvalue weighted by Gasteiger charge is 1.98. The standard InChI is InChI=1S/C13H12BrNS/c14-11-6-10(7-12(15)8-11)9-16-13-4-2-1-3-5-13/h1-8H,9,15H2. The van der Waals surface area contributed by atoms with Crippen LogP contribution >= 0.6 is 27.7 Å². The fraction of sp³-hybridized carbons (Fsp3) is 0.0769. The quantitative estimate of drug-likeness (QED) is 0.674. The van der Waals surface area contributed by atoms with E-state index in [9.17, 15) is 0 Å². The SMILES string of the molecule is Nc1cc(Br)cc(CSc2ccccc2)c1. The van der Waals surface area contributed by atoms with Crippen molar-refractivity contribution in [3.8, 4) is 0 Å². The van der Waals surface area contributed by atoms with E-state index in [-0.39, 0.29) is 0 Å². The Morgan fingerprint density at radius 3 is 2.50 bits per heavy atom. The Kier molecular flexibility index (Phi) is 3.91. The smallest absolute Gasteiger partial charge is 0.0328 e. The molecule has 0 unspecified atom stereocenters. The summed E-state index contributed by atoms with van der Waals surface area (Å²) >= 11 is 5.26. The second-order valence-corrected chi connectivity index (χ2v) is 5.46. The molecule has 2 aromatic carbocycles. The summed E-state index contributed by atoms with van der Waals surface area (Å²) in [6.07, 6.45) is 0. The minimum absolute atomic E-state index is 0.804. The maximum Gasteiger partial charge on any atom is 0.0328 e. The zero-order valence-electron chi connectivity index (χ0n) is 8.69. The van der Waals surface area contributed by atoms with Gasteiger partial charge in [0, 0.05) is 20.8 Å². The average Bonchev–Trinajstić information content (AvgIpc) is 2.27. The molecular weight excluding hydrogens is 282 g/mol. The van der Waals surface area contributed by atoms with Gasteiger partial charge in [0.25, 0.3) is 0 Å². The van der Waals surface area contributed by atoms with Crippen LogP contribution in [-0.4, -0.2) is 0 Å². The molecule has 2 rings (SSSR count). The van der Waals surface area contributed by atoms with Crippen LogP contribution in [0.4, 0.5) is 5.69 Å². The minimum atomic E-state index is 0.804. The zero-order valence-corrected chi connectivity index (χ0v) is 11.1. The van der Waals surface area contributed by atoms with Crippen LogP contribution in [0.5, 0.6) is 0 Å². The molecule has 0 bridgehead atoms. The lowest BCUT2D eigenvalue weighted by molar-refractivity contribution is 1.37. The summed E-state index contributed by atoms with van der Waals surface area (Å²) in [5.41, 5.74) is 7.83. The van der Waals surface area contributed by atoms with Gasteiger partial charge in [0.15, 0.2) is 0 Å². The van der Waals surface area contributed by atoms with Crippen molar-refractivity contribution in [3.05, 3.63) is 58.6 Å². The van der Waals surface area contributed by atoms with Gasteiger partial charge in [-0.05, 0) is 35.9 Å². The summed E-state index contributed by atoms with van der Waals surface area (Å²) < 4.78 is 1.04. The minimum Gasteiger partial charge on any atom is -0.399 e. The number of hydrogen-bond acceptors (Lipinski definition) is 2. The van der Waals surface area contributed by atoms with Crippen LogP contribution in [0.1, 0.15) is 5.56 Å². The zero-order chi connectivity index (χ0) is 11.4. The lowest BCUT2D eigenvalue weighted by Gasteiger charge is -2.04. The van der Waals surface area contributed by atoms with Crippen molar-refractivity contribution in [2.24, 2.45) is 0 Å². The lowest BCUT2D eigenvalue weighted by Crippen LogP contribution is -1.88. The summed E-state index contributed by atoms with van der Waals surface area (Å²) in [4.78, 5) is 1.28. The molecule has 0 aliphatic heterocycles. The number of nitrogen functional groups attached to an aromatic ring is 1. The second kappa shape index (κ2) is 5.41. The van der Waals surface area contributed by atoms with Crippen LogP contribution in [0.2, 0.25) is 0 Å². The van der Waals surface area contributed by atoms with Crippen molar-refractivity contribution in [2.45, 2.75) is 10.6 Å². The first-order valence-electron chi connectivity index (χ1n) is 4.97. The number of benzene rings is 2. The first kappa shape index (κ1) is 11.6. The molecule has 0 atom stereocenters. The topological polar surface area (TPSA) is 26.0 Å². The number of anilines is 1. The molecule has 3 heteroatoms. The maximum atomic E-state index is 5.79. The predicted octanol–water partition coefficient (Wildman–Crippen LogP) is 4.32. The second-order valence-electron chi connectivity index (χ2n) is 3.49. The van der Waals surface area contributed by atoms with Crippen LogP contribution in [0.25, 0.3) is 0 Å². The summed E-state index contributed by atoms with van der Waals surface area (Å²) in [6, 6.07) is 16.4. The fourth-order valence-electron chi connectivity index (χ4n) is 1.44. The van der Waals surface area contributed by atoms with Gasteiger partial charge in [0.2, 0.25) is 0 Å². The molecule has 2 aromatic rings. The van der Waals surface area contributed by atoms with Crippen LogP contribution in [0.15, 0.2) is 57.9 Å². The molecule has 0 saturated heterocycles. The molecule has 0 radical (unpaired) electrons. The summed E-state index contributed by atoms with van der Waals surface area (Å²) in [5.74, 6) is 0.938. The molecule has 0 heterocycles. The molecule has 0 aromatic heterocycles. The number of halogens is 1. The summed E-state index contributed by atoms with van der Waals surface area (Å²) in [7, 11) is 0. The monoisotopic (exact) mass is 293 g/mol. The predicted molar refractivity (Wildman–Crippen MR) is 74.6 cm³/mol. The van der Waals surface area contributed by atoms with E-state index in [0.717, 1.165) is 15.9 Å². The number of hydrogen-bond donors (Lipinski definition) is 1. The van der Waals surface area contributed by atoms with Crippen molar-refractivity contribution < 1.29 is 0 Å². The van der Waals surface area contributed by atoms with Gasteiger partial charge < -0.3 is 5.73 Å². The molecule has 16 heavy (non-hydrogen) atoms. The Morgan fingerprint density at radius 2 is 1.81 bits per heavy atom.